The third-order valence-corrected chi connectivity index (χ3v) is 5.40. The lowest BCUT2D eigenvalue weighted by Crippen LogP contribution is -2.45. The van der Waals surface area contributed by atoms with Gasteiger partial charge in [-0.3, -0.25) is 0 Å². The smallest absolute Gasteiger partial charge is 0.338 e. The molecule has 0 unspecified atom stereocenters. The molecule has 35 heavy (non-hydrogen) atoms. The summed E-state index contributed by atoms with van der Waals surface area (Å²) in [6, 6.07) is 16.0. The fourth-order valence-electron chi connectivity index (χ4n) is 3.88. The fourth-order valence-corrected chi connectivity index (χ4v) is 3.88. The molecule has 0 fully saturated rings. The van der Waals surface area contributed by atoms with Crippen LogP contribution in [0.3, 0.4) is 0 Å². The van der Waals surface area contributed by atoms with Crippen molar-refractivity contribution in [1.82, 2.24) is 20.4 Å². The highest BCUT2D eigenvalue weighted by Gasteiger charge is 2.35. The van der Waals surface area contributed by atoms with E-state index >= 15 is 0 Å². The van der Waals surface area contributed by atoms with E-state index in [1.165, 1.54) is 0 Å². The molecular formula is C27H28N4O4. The Bertz CT molecular complexity index is 1260. The monoisotopic (exact) mass is 472 g/mol. The van der Waals surface area contributed by atoms with Crippen LogP contribution in [-0.4, -0.2) is 34.5 Å². The number of nitrogens with one attached hydrogen (secondary N) is 2. The van der Waals surface area contributed by atoms with Gasteiger partial charge >= 0.3 is 12.0 Å². The Morgan fingerprint density at radius 2 is 1.89 bits per heavy atom. The number of para-hydroxylation sites is 1. The zero-order valence-electron chi connectivity index (χ0n) is 19.9. The van der Waals surface area contributed by atoms with Crippen molar-refractivity contribution >= 4 is 12.0 Å². The molecule has 2 heterocycles. The maximum atomic E-state index is 13.1. The van der Waals surface area contributed by atoms with Gasteiger partial charge in [-0.15, -0.1) is 0 Å². The highest BCUT2D eigenvalue weighted by atomic mass is 16.5. The Hall–Kier alpha value is -4.33. The van der Waals surface area contributed by atoms with Crippen molar-refractivity contribution in [2.75, 3.05) is 6.61 Å². The average molecular weight is 473 g/mol. The molecule has 2 amide bonds. The van der Waals surface area contributed by atoms with Crippen molar-refractivity contribution < 1.29 is 19.1 Å². The van der Waals surface area contributed by atoms with Crippen LogP contribution in [0.2, 0.25) is 0 Å². The van der Waals surface area contributed by atoms with Gasteiger partial charge < -0.3 is 20.1 Å². The number of amides is 2. The fraction of sp³-hybridized carbons (Fsp3) is 0.222. The molecule has 4 rings (SSSR count). The number of nitrogens with zero attached hydrogens (tertiary/aromatic N) is 2. The van der Waals surface area contributed by atoms with Crippen molar-refractivity contribution in [3.63, 3.8) is 0 Å². The molecule has 0 saturated heterocycles. The summed E-state index contributed by atoms with van der Waals surface area (Å²) < 4.78 is 12.8. The molecule has 3 aromatic rings. The maximum Gasteiger partial charge on any atom is 0.338 e. The van der Waals surface area contributed by atoms with Gasteiger partial charge in [0, 0.05) is 23.0 Å². The minimum atomic E-state index is -0.751. The third kappa shape index (κ3) is 5.27. The first-order chi connectivity index (χ1) is 16.9. The van der Waals surface area contributed by atoms with Gasteiger partial charge in [-0.2, -0.15) is 5.10 Å². The summed E-state index contributed by atoms with van der Waals surface area (Å²) in [5, 5.41) is 10.4. The second-order valence-corrected chi connectivity index (χ2v) is 8.36. The van der Waals surface area contributed by atoms with Crippen molar-refractivity contribution in [2.45, 2.75) is 32.9 Å². The number of rotatable bonds is 8. The summed E-state index contributed by atoms with van der Waals surface area (Å²) in [6.45, 7) is 9.33. The Morgan fingerprint density at radius 1 is 1.17 bits per heavy atom. The molecule has 8 heteroatoms. The van der Waals surface area contributed by atoms with Crippen LogP contribution in [0.15, 0.2) is 84.7 Å². The molecule has 180 valence electrons. The predicted molar refractivity (Wildman–Crippen MR) is 133 cm³/mol. The largest absolute Gasteiger partial charge is 0.490 e. The van der Waals surface area contributed by atoms with Crippen LogP contribution in [-0.2, 0) is 9.53 Å². The quantitative estimate of drug-likeness (QED) is 0.367. The highest BCUT2D eigenvalue weighted by molar-refractivity contribution is 5.95. The average Bonchev–Trinajstić information content (AvgIpc) is 3.28. The minimum Gasteiger partial charge on any atom is -0.490 e. The molecule has 1 atom stereocenters. The Labute approximate surface area is 204 Å². The molecule has 0 bridgehead atoms. The van der Waals surface area contributed by atoms with Gasteiger partial charge in [-0.1, -0.05) is 30.9 Å². The normalized spacial score (nSPS) is 15.4. The van der Waals surface area contributed by atoms with Crippen molar-refractivity contribution in [3.05, 3.63) is 90.3 Å². The molecule has 2 N–H and O–H groups in total. The zero-order valence-corrected chi connectivity index (χ0v) is 19.9. The Balaban J connectivity index is 1.84. The number of hydrogen-bond acceptors (Lipinski definition) is 5. The lowest BCUT2D eigenvalue weighted by atomic mass is 9.93. The van der Waals surface area contributed by atoms with Crippen LogP contribution in [0.5, 0.6) is 5.75 Å². The van der Waals surface area contributed by atoms with Crippen LogP contribution >= 0.6 is 0 Å². The number of carbonyl (C=O) groups is 2. The predicted octanol–water partition coefficient (Wildman–Crippen LogP) is 4.68. The highest BCUT2D eigenvalue weighted by Crippen LogP contribution is 2.35. The van der Waals surface area contributed by atoms with E-state index < -0.39 is 18.0 Å². The Kier molecular flexibility index (Phi) is 7.01. The van der Waals surface area contributed by atoms with E-state index in [9.17, 15) is 9.59 Å². The van der Waals surface area contributed by atoms with Crippen molar-refractivity contribution in [2.24, 2.45) is 0 Å². The summed E-state index contributed by atoms with van der Waals surface area (Å²) in [4.78, 5) is 25.5. The zero-order chi connectivity index (χ0) is 24.9. The van der Waals surface area contributed by atoms with E-state index in [1.807, 2.05) is 60.8 Å². The summed E-state index contributed by atoms with van der Waals surface area (Å²) in [7, 11) is 0. The van der Waals surface area contributed by atoms with Gasteiger partial charge in [0.2, 0.25) is 0 Å². The van der Waals surface area contributed by atoms with E-state index in [0.29, 0.717) is 34.9 Å². The van der Waals surface area contributed by atoms with Gasteiger partial charge in [-0.05, 0) is 57.2 Å². The second-order valence-electron chi connectivity index (χ2n) is 8.36. The Morgan fingerprint density at radius 3 is 2.54 bits per heavy atom. The number of hydrogen-bond donors (Lipinski definition) is 2. The third-order valence-electron chi connectivity index (χ3n) is 5.40. The number of aromatic nitrogens is 2. The molecule has 8 nitrogen and oxygen atoms in total. The van der Waals surface area contributed by atoms with Crippen LogP contribution in [0, 0.1) is 0 Å². The molecule has 1 aromatic heterocycles. The van der Waals surface area contributed by atoms with Gasteiger partial charge in [-0.25, -0.2) is 14.3 Å². The lowest BCUT2D eigenvalue weighted by Gasteiger charge is -2.28. The van der Waals surface area contributed by atoms with Crippen molar-refractivity contribution in [1.29, 1.82) is 0 Å². The van der Waals surface area contributed by atoms with Crippen LogP contribution in [0.1, 0.15) is 32.4 Å². The number of allylic oxidation sites excluding steroid dienone is 1. The molecular weight excluding hydrogens is 444 g/mol. The van der Waals surface area contributed by atoms with E-state index in [1.54, 1.807) is 31.5 Å². The van der Waals surface area contributed by atoms with Gasteiger partial charge in [0.05, 0.1) is 29.1 Å². The van der Waals surface area contributed by atoms with E-state index in [-0.39, 0.29) is 6.10 Å². The van der Waals surface area contributed by atoms with Gasteiger partial charge in [0.25, 0.3) is 0 Å². The van der Waals surface area contributed by atoms with Crippen LogP contribution in [0.25, 0.3) is 16.9 Å². The first kappa shape index (κ1) is 23.8. The molecule has 2 aromatic carbocycles. The number of ether oxygens (including phenoxy) is 2. The van der Waals surface area contributed by atoms with E-state index in [4.69, 9.17) is 14.6 Å². The first-order valence-corrected chi connectivity index (χ1v) is 11.4. The summed E-state index contributed by atoms with van der Waals surface area (Å²) in [5.74, 6) is 0.200. The minimum absolute atomic E-state index is 0.310. The molecule has 1 aliphatic heterocycles. The van der Waals surface area contributed by atoms with E-state index in [0.717, 1.165) is 11.3 Å². The molecule has 0 radical (unpaired) electrons. The maximum absolute atomic E-state index is 13.1. The number of esters is 1. The molecule has 0 spiro atoms. The molecule has 1 aliphatic rings. The summed E-state index contributed by atoms with van der Waals surface area (Å²) in [6.07, 6.45) is 3.20. The summed E-state index contributed by atoms with van der Waals surface area (Å²) >= 11 is 0. The lowest BCUT2D eigenvalue weighted by molar-refractivity contribution is -0.143. The van der Waals surface area contributed by atoms with Crippen LogP contribution < -0.4 is 15.4 Å². The second kappa shape index (κ2) is 10.3. The van der Waals surface area contributed by atoms with E-state index in [2.05, 4.69) is 17.2 Å². The van der Waals surface area contributed by atoms with Crippen LogP contribution in [0.4, 0.5) is 4.79 Å². The standard InChI is InChI=1S/C27H28N4O4/c1-5-15-34-21-13-11-19(12-14-21)24-22(16-31(30-24)20-9-7-6-8-10-20)25-23(26(32)35-17(2)3)18(4)28-27(33)29-25/h5-14,16-17,25H,1,15H2,2-4H3,(H2,28,29,33)/t25-/m1/s1. The van der Waals surface area contributed by atoms with Gasteiger partial charge in [0.1, 0.15) is 12.4 Å². The van der Waals surface area contributed by atoms with Gasteiger partial charge in [0.15, 0.2) is 0 Å². The van der Waals surface area contributed by atoms with Crippen molar-refractivity contribution in [3.8, 4) is 22.7 Å². The molecule has 0 aliphatic carbocycles. The topological polar surface area (TPSA) is 94.5 Å². The SMILES string of the molecule is C=CCOc1ccc(-c2nn(-c3ccccc3)cc2[C@H]2NC(=O)NC(C)=C2C(=O)OC(C)C)cc1. The number of carbonyl (C=O) groups excluding carboxylic acids is 2. The first-order valence-electron chi connectivity index (χ1n) is 11.4. The summed E-state index contributed by atoms with van der Waals surface area (Å²) in [5.41, 5.74) is 3.72. The molecule has 0 saturated carbocycles. The number of benzene rings is 2. The number of urea groups is 1.